The Kier molecular flexibility index (Phi) is 6.02. The number of para-hydroxylation sites is 1. The molecule has 2 aliphatic rings. The number of hydrogen-bond acceptors (Lipinski definition) is 3. The number of nitrogens with zero attached hydrogens (tertiary/aromatic N) is 3. The molecule has 2 aromatic rings. The van der Waals surface area contributed by atoms with Crippen molar-refractivity contribution in [2.75, 3.05) is 44.2 Å². The Labute approximate surface area is 177 Å². The van der Waals surface area contributed by atoms with Crippen LogP contribution in [0.4, 0.5) is 10.1 Å². The minimum atomic E-state index is -0.268. The summed E-state index contributed by atoms with van der Waals surface area (Å²) in [4.78, 5) is 31.0. The molecular formula is C24H28FN3O2. The van der Waals surface area contributed by atoms with E-state index < -0.39 is 0 Å². The molecule has 0 N–H and O–H groups in total. The average Bonchev–Trinajstić information content (AvgIpc) is 3.14. The average molecular weight is 410 g/mol. The highest BCUT2D eigenvalue weighted by Gasteiger charge is 2.37. The molecule has 0 aliphatic carbocycles. The van der Waals surface area contributed by atoms with E-state index >= 15 is 0 Å². The number of carbonyl (C=O) groups is 2. The molecule has 0 spiro atoms. The quantitative estimate of drug-likeness (QED) is 0.763. The summed E-state index contributed by atoms with van der Waals surface area (Å²) in [5.41, 5.74) is 3.01. The molecule has 1 atom stereocenters. The van der Waals surface area contributed by atoms with Crippen LogP contribution in [0.1, 0.15) is 17.5 Å². The lowest BCUT2D eigenvalue weighted by Gasteiger charge is -2.37. The lowest BCUT2D eigenvalue weighted by Crippen LogP contribution is -2.51. The number of halogens is 1. The number of carbonyl (C=O) groups excluding carboxylic acids is 2. The van der Waals surface area contributed by atoms with Gasteiger partial charge in [0.1, 0.15) is 5.82 Å². The molecule has 0 saturated carbocycles. The first-order valence-electron chi connectivity index (χ1n) is 10.6. The lowest BCUT2D eigenvalue weighted by atomic mass is 10.1. The molecule has 4 rings (SSSR count). The van der Waals surface area contributed by atoms with Crippen molar-refractivity contribution in [3.63, 3.8) is 0 Å². The van der Waals surface area contributed by atoms with Gasteiger partial charge in [-0.05, 0) is 31.0 Å². The van der Waals surface area contributed by atoms with Crippen LogP contribution in [0, 0.1) is 18.7 Å². The van der Waals surface area contributed by atoms with Crippen LogP contribution in [0.15, 0.2) is 48.5 Å². The zero-order chi connectivity index (χ0) is 21.1. The number of amides is 2. The van der Waals surface area contributed by atoms with E-state index in [-0.39, 0.29) is 23.5 Å². The van der Waals surface area contributed by atoms with Gasteiger partial charge >= 0.3 is 0 Å². The van der Waals surface area contributed by atoms with Crippen molar-refractivity contribution in [3.05, 3.63) is 65.5 Å². The molecule has 30 heavy (non-hydrogen) atoms. The Morgan fingerprint density at radius 3 is 2.43 bits per heavy atom. The first-order chi connectivity index (χ1) is 14.5. The van der Waals surface area contributed by atoms with E-state index in [1.165, 1.54) is 17.2 Å². The van der Waals surface area contributed by atoms with Crippen LogP contribution in [-0.2, 0) is 16.0 Å². The van der Waals surface area contributed by atoms with Crippen LogP contribution in [0.25, 0.3) is 0 Å². The molecule has 2 heterocycles. The van der Waals surface area contributed by atoms with Gasteiger partial charge in [0.15, 0.2) is 0 Å². The number of piperazine rings is 1. The van der Waals surface area contributed by atoms with Gasteiger partial charge in [-0.3, -0.25) is 9.59 Å². The van der Waals surface area contributed by atoms with E-state index in [0.29, 0.717) is 51.4 Å². The highest BCUT2D eigenvalue weighted by Crippen LogP contribution is 2.24. The predicted molar refractivity (Wildman–Crippen MR) is 115 cm³/mol. The third-order valence-electron chi connectivity index (χ3n) is 6.14. The second-order valence-electron chi connectivity index (χ2n) is 8.24. The number of hydrogen-bond donors (Lipinski definition) is 0. The Hall–Kier alpha value is -2.89. The normalized spacial score (nSPS) is 19.5. The van der Waals surface area contributed by atoms with Crippen molar-refractivity contribution in [1.82, 2.24) is 9.80 Å². The predicted octanol–water partition coefficient (Wildman–Crippen LogP) is 2.87. The fourth-order valence-electron chi connectivity index (χ4n) is 4.31. The summed E-state index contributed by atoms with van der Waals surface area (Å²) in [5, 5.41) is 0. The largest absolute Gasteiger partial charge is 0.366 e. The molecule has 2 fully saturated rings. The Bertz CT molecular complexity index is 907. The van der Waals surface area contributed by atoms with E-state index in [9.17, 15) is 14.0 Å². The lowest BCUT2D eigenvalue weighted by molar-refractivity contribution is -0.136. The molecule has 0 aromatic heterocycles. The maximum Gasteiger partial charge on any atom is 0.228 e. The van der Waals surface area contributed by atoms with E-state index in [4.69, 9.17) is 0 Å². The number of rotatable bonds is 5. The molecule has 2 aromatic carbocycles. The summed E-state index contributed by atoms with van der Waals surface area (Å²) in [5.74, 6) is -0.391. The molecule has 2 aliphatic heterocycles. The summed E-state index contributed by atoms with van der Waals surface area (Å²) in [6, 6.07) is 15.1. The fourth-order valence-corrected chi connectivity index (χ4v) is 4.31. The van der Waals surface area contributed by atoms with E-state index in [0.717, 1.165) is 6.42 Å². The summed E-state index contributed by atoms with van der Waals surface area (Å²) in [6.07, 6.45) is 1.09. The summed E-state index contributed by atoms with van der Waals surface area (Å²) in [7, 11) is 0. The standard InChI is InChI=1S/C24H28FN3O2/c1-18-6-8-19(9-7-18)10-11-28-17-20(16-23(28)29)24(30)27-14-12-26(13-15-27)22-5-3-2-4-21(22)25/h2-9,20H,10-17H2,1H3. The topological polar surface area (TPSA) is 43.9 Å². The molecule has 2 amide bonds. The van der Waals surface area contributed by atoms with Crippen molar-refractivity contribution < 1.29 is 14.0 Å². The molecule has 0 bridgehead atoms. The highest BCUT2D eigenvalue weighted by atomic mass is 19.1. The molecule has 5 nitrogen and oxygen atoms in total. The summed E-state index contributed by atoms with van der Waals surface area (Å²) >= 11 is 0. The molecule has 2 saturated heterocycles. The number of aryl methyl sites for hydroxylation is 1. The molecule has 1 unspecified atom stereocenters. The zero-order valence-corrected chi connectivity index (χ0v) is 17.4. The van der Waals surface area contributed by atoms with Gasteiger partial charge in [-0.25, -0.2) is 4.39 Å². The van der Waals surface area contributed by atoms with E-state index in [1.54, 1.807) is 12.1 Å². The zero-order valence-electron chi connectivity index (χ0n) is 17.4. The second kappa shape index (κ2) is 8.86. The third-order valence-corrected chi connectivity index (χ3v) is 6.14. The summed E-state index contributed by atoms with van der Waals surface area (Å²) < 4.78 is 14.0. The van der Waals surface area contributed by atoms with Gasteiger partial charge in [0.25, 0.3) is 0 Å². The maximum absolute atomic E-state index is 14.0. The van der Waals surface area contributed by atoms with Gasteiger partial charge in [0, 0.05) is 45.7 Å². The SMILES string of the molecule is Cc1ccc(CCN2CC(C(=O)N3CCN(c4ccccc4F)CC3)CC2=O)cc1. The first-order valence-corrected chi connectivity index (χ1v) is 10.6. The monoisotopic (exact) mass is 409 g/mol. The highest BCUT2D eigenvalue weighted by molar-refractivity contribution is 5.89. The molecule has 0 radical (unpaired) electrons. The van der Waals surface area contributed by atoms with Crippen molar-refractivity contribution in [1.29, 1.82) is 0 Å². The number of benzene rings is 2. The van der Waals surface area contributed by atoms with Gasteiger partial charge in [0.2, 0.25) is 11.8 Å². The summed E-state index contributed by atoms with van der Waals surface area (Å²) in [6.45, 7) is 5.52. The third kappa shape index (κ3) is 4.48. The van der Waals surface area contributed by atoms with E-state index in [2.05, 4.69) is 31.2 Å². The molecule has 158 valence electrons. The smallest absolute Gasteiger partial charge is 0.228 e. The Balaban J connectivity index is 1.28. The maximum atomic E-state index is 14.0. The van der Waals surface area contributed by atoms with Gasteiger partial charge in [-0.2, -0.15) is 0 Å². The molecular weight excluding hydrogens is 381 g/mol. The van der Waals surface area contributed by atoms with Crippen molar-refractivity contribution in [3.8, 4) is 0 Å². The van der Waals surface area contributed by atoms with Gasteiger partial charge in [-0.1, -0.05) is 42.0 Å². The van der Waals surface area contributed by atoms with Crippen LogP contribution in [0.2, 0.25) is 0 Å². The fraction of sp³-hybridized carbons (Fsp3) is 0.417. The molecule has 6 heteroatoms. The van der Waals surface area contributed by atoms with Crippen LogP contribution in [0.5, 0.6) is 0 Å². The van der Waals surface area contributed by atoms with Gasteiger partial charge in [-0.15, -0.1) is 0 Å². The van der Waals surface area contributed by atoms with Crippen molar-refractivity contribution in [2.45, 2.75) is 19.8 Å². The second-order valence-corrected chi connectivity index (χ2v) is 8.24. The van der Waals surface area contributed by atoms with Crippen molar-refractivity contribution in [2.24, 2.45) is 5.92 Å². The number of anilines is 1. The Morgan fingerprint density at radius 2 is 1.73 bits per heavy atom. The van der Waals surface area contributed by atoms with Crippen LogP contribution in [-0.4, -0.2) is 60.9 Å². The van der Waals surface area contributed by atoms with Gasteiger partial charge in [0.05, 0.1) is 11.6 Å². The van der Waals surface area contributed by atoms with E-state index in [1.807, 2.05) is 20.8 Å². The van der Waals surface area contributed by atoms with Crippen molar-refractivity contribution >= 4 is 17.5 Å². The minimum Gasteiger partial charge on any atom is -0.366 e. The number of likely N-dealkylation sites (tertiary alicyclic amines) is 1. The van der Waals surface area contributed by atoms with Gasteiger partial charge < -0.3 is 14.7 Å². The minimum absolute atomic E-state index is 0.0503. The Morgan fingerprint density at radius 1 is 1.03 bits per heavy atom. The first kappa shape index (κ1) is 20.4. The van der Waals surface area contributed by atoms with Crippen LogP contribution < -0.4 is 4.90 Å². The van der Waals surface area contributed by atoms with Crippen LogP contribution >= 0.6 is 0 Å². The van der Waals surface area contributed by atoms with Crippen LogP contribution in [0.3, 0.4) is 0 Å².